The Morgan fingerprint density at radius 3 is 2.39 bits per heavy atom. The van der Waals surface area contributed by atoms with E-state index in [4.69, 9.17) is 14.7 Å². The molecule has 3 rings (SSSR count). The number of aromatic nitrogens is 3. The summed E-state index contributed by atoms with van der Waals surface area (Å²) in [5.74, 6) is -0.709. The summed E-state index contributed by atoms with van der Waals surface area (Å²) in [4.78, 5) is 4.03. The van der Waals surface area contributed by atoms with E-state index in [9.17, 15) is 17.6 Å². The van der Waals surface area contributed by atoms with Crippen LogP contribution in [0.5, 0.6) is 17.6 Å². The standard InChI is InChI=1S/C18H12F4N4O2/c1-26-17(8-14(25-26)18(20,21)22)28-16-7-12(9-23)6-15(24-16)27-10-11-2-4-13(19)5-3-11/h2-8H,10H2,1H3. The van der Waals surface area contributed by atoms with E-state index in [1.165, 1.54) is 43.4 Å². The van der Waals surface area contributed by atoms with Gasteiger partial charge in [0.25, 0.3) is 0 Å². The van der Waals surface area contributed by atoms with Gasteiger partial charge in [-0.05, 0) is 17.7 Å². The summed E-state index contributed by atoms with van der Waals surface area (Å²) in [6.07, 6.45) is -4.62. The molecule has 10 heteroatoms. The first-order chi connectivity index (χ1) is 13.2. The second-order valence-corrected chi connectivity index (χ2v) is 5.65. The van der Waals surface area contributed by atoms with Gasteiger partial charge in [-0.1, -0.05) is 12.1 Å². The van der Waals surface area contributed by atoms with Gasteiger partial charge in [0, 0.05) is 25.2 Å². The molecule has 0 unspecified atom stereocenters. The number of alkyl halides is 3. The van der Waals surface area contributed by atoms with E-state index in [-0.39, 0.29) is 29.8 Å². The van der Waals surface area contributed by atoms with Gasteiger partial charge in [-0.15, -0.1) is 0 Å². The maximum Gasteiger partial charge on any atom is 0.435 e. The van der Waals surface area contributed by atoms with Crippen LogP contribution in [0.3, 0.4) is 0 Å². The Balaban J connectivity index is 1.80. The second kappa shape index (κ2) is 7.56. The third-order valence-corrected chi connectivity index (χ3v) is 3.54. The van der Waals surface area contributed by atoms with Crippen LogP contribution in [-0.4, -0.2) is 14.8 Å². The first-order valence-corrected chi connectivity index (χ1v) is 7.83. The minimum absolute atomic E-state index is 0.0246. The lowest BCUT2D eigenvalue weighted by Gasteiger charge is -2.09. The average Bonchev–Trinajstić information content (AvgIpc) is 3.02. The fraction of sp³-hybridized carbons (Fsp3) is 0.167. The van der Waals surface area contributed by atoms with E-state index < -0.39 is 17.7 Å². The zero-order chi connectivity index (χ0) is 20.3. The van der Waals surface area contributed by atoms with Crippen LogP contribution in [-0.2, 0) is 19.8 Å². The van der Waals surface area contributed by atoms with E-state index in [0.717, 1.165) is 10.7 Å². The maximum atomic E-state index is 12.9. The fourth-order valence-corrected chi connectivity index (χ4v) is 2.20. The van der Waals surface area contributed by atoms with Crippen LogP contribution in [0.1, 0.15) is 16.8 Å². The second-order valence-electron chi connectivity index (χ2n) is 5.65. The van der Waals surface area contributed by atoms with Crippen molar-refractivity contribution in [3.63, 3.8) is 0 Å². The van der Waals surface area contributed by atoms with Crippen LogP contribution in [0.2, 0.25) is 0 Å². The van der Waals surface area contributed by atoms with Crippen LogP contribution in [0.25, 0.3) is 0 Å². The Kier molecular flexibility index (Phi) is 5.17. The quantitative estimate of drug-likeness (QED) is 0.608. The lowest BCUT2D eigenvalue weighted by Crippen LogP contribution is -2.06. The number of nitrogens with zero attached hydrogens (tertiary/aromatic N) is 4. The number of hydrogen-bond acceptors (Lipinski definition) is 5. The van der Waals surface area contributed by atoms with Crippen LogP contribution < -0.4 is 9.47 Å². The van der Waals surface area contributed by atoms with Crippen molar-refractivity contribution < 1.29 is 27.0 Å². The summed E-state index contributed by atoms with van der Waals surface area (Å²) in [7, 11) is 1.28. The van der Waals surface area contributed by atoms with E-state index in [1.807, 2.05) is 6.07 Å². The molecule has 0 spiro atoms. The normalized spacial score (nSPS) is 11.1. The SMILES string of the molecule is Cn1nc(C(F)(F)F)cc1Oc1cc(C#N)cc(OCc2ccc(F)cc2)n1. The molecule has 0 aliphatic heterocycles. The van der Waals surface area contributed by atoms with Crippen LogP contribution >= 0.6 is 0 Å². The zero-order valence-electron chi connectivity index (χ0n) is 14.4. The molecule has 2 heterocycles. The van der Waals surface area contributed by atoms with Gasteiger partial charge in [0.15, 0.2) is 5.69 Å². The topological polar surface area (TPSA) is 73.0 Å². The van der Waals surface area contributed by atoms with Gasteiger partial charge in [-0.25, -0.2) is 9.07 Å². The van der Waals surface area contributed by atoms with Crippen LogP contribution in [0.4, 0.5) is 17.6 Å². The summed E-state index contributed by atoms with van der Waals surface area (Å²) in [6.45, 7) is 0.0472. The Labute approximate surface area is 156 Å². The number of pyridine rings is 1. The van der Waals surface area contributed by atoms with Gasteiger partial charge >= 0.3 is 6.18 Å². The fourth-order valence-electron chi connectivity index (χ4n) is 2.20. The largest absolute Gasteiger partial charge is 0.473 e. The van der Waals surface area contributed by atoms with Crippen molar-refractivity contribution >= 4 is 0 Å². The highest BCUT2D eigenvalue weighted by molar-refractivity contribution is 5.38. The molecule has 28 heavy (non-hydrogen) atoms. The molecule has 1 aromatic carbocycles. The predicted octanol–water partition coefficient (Wildman–Crippen LogP) is 4.22. The highest BCUT2D eigenvalue weighted by Crippen LogP contribution is 2.32. The van der Waals surface area contributed by atoms with E-state index >= 15 is 0 Å². The van der Waals surface area contributed by atoms with Crippen LogP contribution in [0.15, 0.2) is 42.5 Å². The lowest BCUT2D eigenvalue weighted by atomic mass is 10.2. The summed E-state index contributed by atoms with van der Waals surface area (Å²) in [5.41, 5.74) is -0.318. The molecular weight excluding hydrogens is 380 g/mol. The summed E-state index contributed by atoms with van der Waals surface area (Å²) >= 11 is 0. The number of halogens is 4. The molecule has 0 saturated heterocycles. The number of ether oxygens (including phenoxy) is 2. The zero-order valence-corrected chi connectivity index (χ0v) is 14.4. The number of benzene rings is 1. The molecule has 144 valence electrons. The van der Waals surface area contributed by atoms with Crippen molar-refractivity contribution in [2.75, 3.05) is 0 Å². The third-order valence-electron chi connectivity index (χ3n) is 3.54. The molecule has 0 aliphatic carbocycles. The smallest absolute Gasteiger partial charge is 0.435 e. The Morgan fingerprint density at radius 2 is 1.79 bits per heavy atom. The first kappa shape index (κ1) is 19.2. The molecule has 0 radical (unpaired) electrons. The third kappa shape index (κ3) is 4.56. The molecule has 6 nitrogen and oxygen atoms in total. The number of nitriles is 1. The Morgan fingerprint density at radius 1 is 1.11 bits per heavy atom. The minimum Gasteiger partial charge on any atom is -0.473 e. The molecule has 0 fully saturated rings. The van der Waals surface area contributed by atoms with Gasteiger partial charge in [-0.3, -0.25) is 0 Å². The highest BCUT2D eigenvalue weighted by Gasteiger charge is 2.35. The summed E-state index contributed by atoms with van der Waals surface area (Å²) in [6, 6.07) is 10.8. The first-order valence-electron chi connectivity index (χ1n) is 7.83. The van der Waals surface area contributed by atoms with Gasteiger partial charge in [0.2, 0.25) is 17.6 Å². The van der Waals surface area contributed by atoms with Crippen molar-refractivity contribution in [2.24, 2.45) is 7.05 Å². The van der Waals surface area contributed by atoms with Gasteiger partial charge < -0.3 is 9.47 Å². The predicted molar refractivity (Wildman–Crippen MR) is 88.0 cm³/mol. The molecule has 0 saturated carbocycles. The summed E-state index contributed by atoms with van der Waals surface area (Å²) < 4.78 is 62.9. The number of aryl methyl sites for hydroxylation is 1. The molecular formula is C18H12F4N4O2. The van der Waals surface area contributed by atoms with Gasteiger partial charge in [0.1, 0.15) is 12.4 Å². The summed E-state index contributed by atoms with van der Waals surface area (Å²) in [5, 5.41) is 12.5. The van der Waals surface area contributed by atoms with Gasteiger partial charge in [0.05, 0.1) is 11.6 Å². The van der Waals surface area contributed by atoms with Crippen molar-refractivity contribution in [3.05, 3.63) is 65.1 Å². The van der Waals surface area contributed by atoms with Crippen molar-refractivity contribution in [1.82, 2.24) is 14.8 Å². The van der Waals surface area contributed by atoms with E-state index in [2.05, 4.69) is 10.1 Å². The Hall–Kier alpha value is -3.61. The molecule has 0 amide bonds. The van der Waals surface area contributed by atoms with Crippen LogP contribution in [0, 0.1) is 17.1 Å². The average molecular weight is 392 g/mol. The Bertz CT molecular complexity index is 1020. The maximum absolute atomic E-state index is 12.9. The van der Waals surface area contributed by atoms with Gasteiger partial charge in [-0.2, -0.15) is 28.5 Å². The molecule has 0 N–H and O–H groups in total. The van der Waals surface area contributed by atoms with Crippen molar-refractivity contribution in [2.45, 2.75) is 12.8 Å². The molecule has 2 aromatic heterocycles. The van der Waals surface area contributed by atoms with Crippen molar-refractivity contribution in [1.29, 1.82) is 5.26 Å². The van der Waals surface area contributed by atoms with E-state index in [0.29, 0.717) is 5.56 Å². The number of rotatable bonds is 5. The minimum atomic E-state index is -4.62. The monoisotopic (exact) mass is 392 g/mol. The molecule has 0 bridgehead atoms. The lowest BCUT2D eigenvalue weighted by molar-refractivity contribution is -0.141. The number of hydrogen-bond donors (Lipinski definition) is 0. The molecule has 3 aromatic rings. The highest BCUT2D eigenvalue weighted by atomic mass is 19.4. The molecule has 0 aliphatic rings. The van der Waals surface area contributed by atoms with Crippen molar-refractivity contribution in [3.8, 4) is 23.7 Å². The molecule has 0 atom stereocenters. The van der Waals surface area contributed by atoms with E-state index in [1.54, 1.807) is 0 Å².